The van der Waals surface area contributed by atoms with Crippen LogP contribution in [0.2, 0.25) is 5.02 Å². The molecule has 0 saturated heterocycles. The minimum Gasteiger partial charge on any atom is -0.431 e. The van der Waals surface area contributed by atoms with Crippen LogP contribution in [0.4, 0.5) is 5.69 Å². The number of oxazole rings is 1. The van der Waals surface area contributed by atoms with Crippen molar-refractivity contribution < 1.29 is 4.42 Å². The van der Waals surface area contributed by atoms with Gasteiger partial charge in [-0.05, 0) is 30.0 Å². The van der Waals surface area contributed by atoms with E-state index in [2.05, 4.69) is 9.97 Å². The number of benzene rings is 1. The van der Waals surface area contributed by atoms with E-state index < -0.39 is 0 Å². The van der Waals surface area contributed by atoms with Gasteiger partial charge in [0.1, 0.15) is 10.5 Å². The molecule has 3 rings (SSSR count). The predicted molar refractivity (Wildman–Crippen MR) is 71.8 cm³/mol. The van der Waals surface area contributed by atoms with Crippen molar-refractivity contribution in [3.8, 4) is 0 Å². The molecule has 0 spiro atoms. The Labute approximate surface area is 112 Å². The second kappa shape index (κ2) is 4.51. The Morgan fingerprint density at radius 1 is 1.28 bits per heavy atom. The molecule has 2 N–H and O–H groups in total. The van der Waals surface area contributed by atoms with Crippen molar-refractivity contribution in [2.24, 2.45) is 0 Å². The zero-order chi connectivity index (χ0) is 12.5. The summed E-state index contributed by atoms with van der Waals surface area (Å²) < 4.78 is 5.58. The van der Waals surface area contributed by atoms with Gasteiger partial charge in [-0.25, -0.2) is 9.97 Å². The molecule has 2 heterocycles. The summed E-state index contributed by atoms with van der Waals surface area (Å²) in [5, 5.41) is 1.62. The minimum atomic E-state index is 0.488. The first-order chi connectivity index (χ1) is 8.72. The Kier molecular flexibility index (Phi) is 2.85. The molecule has 0 amide bonds. The Morgan fingerprint density at radius 3 is 2.89 bits per heavy atom. The molecule has 90 valence electrons. The van der Waals surface area contributed by atoms with Crippen LogP contribution in [0.3, 0.4) is 0 Å². The Balaban J connectivity index is 1.96. The van der Waals surface area contributed by atoms with E-state index in [0.29, 0.717) is 21.0 Å². The topological polar surface area (TPSA) is 64.9 Å². The molecule has 0 fully saturated rings. The maximum absolute atomic E-state index is 6.05. The maximum atomic E-state index is 6.05. The van der Waals surface area contributed by atoms with Crippen molar-refractivity contribution in [1.82, 2.24) is 9.97 Å². The lowest BCUT2D eigenvalue weighted by molar-refractivity contribution is 0.489. The van der Waals surface area contributed by atoms with Gasteiger partial charge in [0.15, 0.2) is 5.58 Å². The van der Waals surface area contributed by atoms with Crippen LogP contribution in [0.1, 0.15) is 0 Å². The highest BCUT2D eigenvalue weighted by molar-refractivity contribution is 7.99. The molecular formula is C12H8ClN3OS. The van der Waals surface area contributed by atoms with Crippen molar-refractivity contribution in [3.05, 3.63) is 41.6 Å². The normalized spacial score (nSPS) is 10.9. The molecule has 0 radical (unpaired) electrons. The summed E-state index contributed by atoms with van der Waals surface area (Å²) in [6.45, 7) is 0. The van der Waals surface area contributed by atoms with E-state index in [1.165, 1.54) is 11.8 Å². The van der Waals surface area contributed by atoms with Crippen LogP contribution >= 0.6 is 23.4 Å². The fourth-order valence-corrected chi connectivity index (χ4v) is 2.49. The number of nitrogen functional groups attached to an aromatic ring is 1. The monoisotopic (exact) mass is 277 g/mol. The maximum Gasteiger partial charge on any atom is 0.263 e. The van der Waals surface area contributed by atoms with E-state index in [0.717, 1.165) is 11.1 Å². The highest BCUT2D eigenvalue weighted by Crippen LogP contribution is 2.33. The van der Waals surface area contributed by atoms with E-state index >= 15 is 0 Å². The minimum absolute atomic E-state index is 0.488. The van der Waals surface area contributed by atoms with E-state index in [-0.39, 0.29) is 0 Å². The zero-order valence-corrected chi connectivity index (χ0v) is 10.7. The molecular weight excluding hydrogens is 270 g/mol. The van der Waals surface area contributed by atoms with Crippen molar-refractivity contribution in [2.45, 2.75) is 10.2 Å². The summed E-state index contributed by atoms with van der Waals surface area (Å²) in [6, 6.07) is 9.22. The van der Waals surface area contributed by atoms with Crippen LogP contribution in [-0.4, -0.2) is 9.97 Å². The molecule has 0 bridgehead atoms. The van der Waals surface area contributed by atoms with Crippen LogP contribution in [0.15, 0.2) is 51.2 Å². The third kappa shape index (κ3) is 2.14. The van der Waals surface area contributed by atoms with Gasteiger partial charge < -0.3 is 10.2 Å². The largest absolute Gasteiger partial charge is 0.431 e. The van der Waals surface area contributed by atoms with Gasteiger partial charge >= 0.3 is 0 Å². The van der Waals surface area contributed by atoms with Gasteiger partial charge in [-0.15, -0.1) is 0 Å². The highest BCUT2D eigenvalue weighted by Gasteiger charge is 2.10. The van der Waals surface area contributed by atoms with Crippen LogP contribution in [-0.2, 0) is 0 Å². The van der Waals surface area contributed by atoms with Gasteiger partial charge in [0, 0.05) is 0 Å². The lowest BCUT2D eigenvalue weighted by Gasteiger charge is -2.00. The first kappa shape index (κ1) is 11.4. The number of para-hydroxylation sites is 2. The fourth-order valence-electron chi connectivity index (χ4n) is 1.49. The molecule has 0 aliphatic carbocycles. The van der Waals surface area contributed by atoms with E-state index in [9.17, 15) is 0 Å². The number of nitrogens with zero attached hydrogens (tertiary/aromatic N) is 2. The first-order valence-corrected chi connectivity index (χ1v) is 6.36. The SMILES string of the molecule is Nc1cnc(Sc2nc3ccccc3o2)c(Cl)c1. The molecule has 6 heteroatoms. The average Bonchev–Trinajstić information content (AvgIpc) is 2.75. The van der Waals surface area contributed by atoms with Crippen LogP contribution in [0, 0.1) is 0 Å². The van der Waals surface area contributed by atoms with E-state index in [4.69, 9.17) is 21.8 Å². The van der Waals surface area contributed by atoms with Gasteiger partial charge in [-0.1, -0.05) is 23.7 Å². The van der Waals surface area contributed by atoms with Crippen LogP contribution in [0.25, 0.3) is 11.1 Å². The summed E-state index contributed by atoms with van der Waals surface area (Å²) in [5.41, 5.74) is 7.67. The molecule has 0 unspecified atom stereocenters. The van der Waals surface area contributed by atoms with Gasteiger partial charge in [0.25, 0.3) is 5.22 Å². The third-order valence-electron chi connectivity index (χ3n) is 2.29. The van der Waals surface area contributed by atoms with Crippen molar-refractivity contribution in [1.29, 1.82) is 0 Å². The zero-order valence-electron chi connectivity index (χ0n) is 9.13. The summed E-state index contributed by atoms with van der Waals surface area (Å²) in [5.74, 6) is 0. The fraction of sp³-hybridized carbons (Fsp3) is 0. The molecule has 18 heavy (non-hydrogen) atoms. The third-order valence-corrected chi connectivity index (χ3v) is 3.55. The number of aromatic nitrogens is 2. The molecule has 2 aromatic heterocycles. The molecule has 3 aromatic rings. The highest BCUT2D eigenvalue weighted by atomic mass is 35.5. The molecule has 0 saturated carbocycles. The van der Waals surface area contributed by atoms with Crippen molar-refractivity contribution >= 4 is 40.1 Å². The van der Waals surface area contributed by atoms with Crippen molar-refractivity contribution in [3.63, 3.8) is 0 Å². The van der Waals surface area contributed by atoms with Crippen LogP contribution < -0.4 is 5.73 Å². The molecule has 4 nitrogen and oxygen atoms in total. The predicted octanol–water partition coefficient (Wildman–Crippen LogP) is 3.61. The number of fused-ring (bicyclic) bond motifs is 1. The lowest BCUT2D eigenvalue weighted by Crippen LogP contribution is -1.88. The number of pyridine rings is 1. The van der Waals surface area contributed by atoms with Gasteiger partial charge in [-0.2, -0.15) is 0 Å². The van der Waals surface area contributed by atoms with Crippen LogP contribution in [0.5, 0.6) is 0 Å². The molecule has 1 aromatic carbocycles. The number of hydrogen-bond donors (Lipinski definition) is 1. The number of rotatable bonds is 2. The Hall–Kier alpha value is -1.72. The molecule has 0 aliphatic rings. The quantitative estimate of drug-likeness (QED) is 0.775. The van der Waals surface area contributed by atoms with E-state index in [1.807, 2.05) is 24.3 Å². The summed E-state index contributed by atoms with van der Waals surface area (Å²) in [7, 11) is 0. The van der Waals surface area contributed by atoms with Gasteiger partial charge in [-0.3, -0.25) is 0 Å². The molecule has 0 aliphatic heterocycles. The Morgan fingerprint density at radius 2 is 2.11 bits per heavy atom. The number of anilines is 1. The smallest absolute Gasteiger partial charge is 0.263 e. The molecule has 0 atom stereocenters. The second-order valence-corrected chi connectivity index (χ2v) is 4.95. The number of nitrogens with two attached hydrogens (primary N) is 1. The summed E-state index contributed by atoms with van der Waals surface area (Å²) in [4.78, 5) is 8.49. The summed E-state index contributed by atoms with van der Waals surface area (Å²) >= 11 is 7.32. The number of hydrogen-bond acceptors (Lipinski definition) is 5. The standard InChI is InChI=1S/C12H8ClN3OS/c13-8-5-7(14)6-15-11(8)18-12-16-9-3-1-2-4-10(9)17-12/h1-6H,14H2. The second-order valence-electron chi connectivity index (χ2n) is 3.61. The van der Waals surface area contributed by atoms with E-state index in [1.54, 1.807) is 12.3 Å². The average molecular weight is 278 g/mol. The van der Waals surface area contributed by atoms with Crippen molar-refractivity contribution in [2.75, 3.05) is 5.73 Å². The van der Waals surface area contributed by atoms with Gasteiger partial charge in [0.2, 0.25) is 0 Å². The Bertz CT molecular complexity index is 680. The van der Waals surface area contributed by atoms with Gasteiger partial charge in [0.05, 0.1) is 16.9 Å². The summed E-state index contributed by atoms with van der Waals surface area (Å²) in [6.07, 6.45) is 1.55. The first-order valence-electron chi connectivity index (χ1n) is 5.17. The number of halogens is 1. The lowest BCUT2D eigenvalue weighted by atomic mass is 10.3.